The van der Waals surface area contributed by atoms with Crippen molar-refractivity contribution >= 4 is 74.9 Å². The van der Waals surface area contributed by atoms with Crippen LogP contribution in [0.1, 0.15) is 0 Å². The first-order chi connectivity index (χ1) is 15.4. The summed E-state index contributed by atoms with van der Waals surface area (Å²) in [5.41, 5.74) is 1.08. The Morgan fingerprint density at radius 3 is 1.79 bits per heavy atom. The van der Waals surface area contributed by atoms with Crippen LogP contribution < -0.4 is 14.3 Å². The van der Waals surface area contributed by atoms with Gasteiger partial charge >= 0.3 is 0 Å². The number of carbonyl (C=O) groups excluding carboxylic acids is 1. The molecule has 0 aliphatic heterocycles. The third kappa shape index (κ3) is 7.03. The second-order valence-corrected chi connectivity index (χ2v) is 12.4. The molecule has 0 heterocycles. The second kappa shape index (κ2) is 10.2. The minimum atomic E-state index is -3.82. The van der Waals surface area contributed by atoms with Crippen LogP contribution >= 0.6 is 31.9 Å². The zero-order valence-corrected chi connectivity index (χ0v) is 22.0. The molecule has 0 atom stereocenters. The second-order valence-electron chi connectivity index (χ2n) is 6.93. The molecule has 0 aliphatic rings. The van der Waals surface area contributed by atoms with Crippen LogP contribution in [-0.4, -0.2) is 35.5 Å². The number of amides is 1. The van der Waals surface area contributed by atoms with E-state index in [9.17, 15) is 21.6 Å². The molecule has 0 fully saturated rings. The van der Waals surface area contributed by atoms with Gasteiger partial charge in [-0.3, -0.25) is 13.8 Å². The van der Waals surface area contributed by atoms with Gasteiger partial charge in [-0.25, -0.2) is 16.8 Å². The van der Waals surface area contributed by atoms with E-state index < -0.39 is 32.5 Å². The van der Waals surface area contributed by atoms with Crippen LogP contribution in [0.2, 0.25) is 0 Å². The summed E-state index contributed by atoms with van der Waals surface area (Å²) in [4.78, 5) is 12.5. The lowest BCUT2D eigenvalue weighted by Gasteiger charge is -2.22. The van der Waals surface area contributed by atoms with Crippen molar-refractivity contribution in [2.75, 3.05) is 27.1 Å². The van der Waals surface area contributed by atoms with E-state index in [1.807, 2.05) is 0 Å². The molecule has 174 valence electrons. The molecule has 8 nitrogen and oxygen atoms in total. The number of hydrogen-bond acceptors (Lipinski definition) is 5. The van der Waals surface area contributed by atoms with Crippen LogP contribution in [0.3, 0.4) is 0 Å². The van der Waals surface area contributed by atoms with Gasteiger partial charge in [0.15, 0.2) is 0 Å². The molecule has 0 aliphatic carbocycles. The van der Waals surface area contributed by atoms with Gasteiger partial charge in [0.05, 0.1) is 16.8 Å². The highest BCUT2D eigenvalue weighted by molar-refractivity contribution is 9.10. The lowest BCUT2D eigenvalue weighted by molar-refractivity contribution is -0.114. The summed E-state index contributed by atoms with van der Waals surface area (Å²) in [6.07, 6.45) is 1.01. The minimum Gasteiger partial charge on any atom is -0.325 e. The SMILES string of the molecule is CS(=O)(=O)N(CC(=O)Nc1ccc(S(=O)(=O)Nc2ccc(Br)cc2)cc1)c1ccc(Br)cc1. The predicted octanol–water partition coefficient (Wildman–Crippen LogP) is 4.42. The molecule has 0 unspecified atom stereocenters. The van der Waals surface area contributed by atoms with Gasteiger partial charge in [-0.1, -0.05) is 31.9 Å². The van der Waals surface area contributed by atoms with Gasteiger partial charge in [0.2, 0.25) is 15.9 Å². The Kier molecular flexibility index (Phi) is 7.83. The molecular weight excluding hydrogens is 598 g/mol. The number of anilines is 3. The molecule has 0 saturated carbocycles. The van der Waals surface area contributed by atoms with E-state index in [0.717, 1.165) is 19.5 Å². The average molecular weight is 617 g/mol. The van der Waals surface area contributed by atoms with Crippen molar-refractivity contribution in [2.45, 2.75) is 4.90 Å². The van der Waals surface area contributed by atoms with Gasteiger partial charge in [0, 0.05) is 20.3 Å². The lowest BCUT2D eigenvalue weighted by atomic mass is 10.3. The molecule has 2 N–H and O–H groups in total. The Balaban J connectivity index is 1.70. The summed E-state index contributed by atoms with van der Waals surface area (Å²) in [5, 5.41) is 2.59. The van der Waals surface area contributed by atoms with Crippen molar-refractivity contribution in [1.29, 1.82) is 0 Å². The zero-order chi connectivity index (χ0) is 24.2. The third-order valence-electron chi connectivity index (χ3n) is 4.35. The molecule has 0 aromatic heterocycles. The number of hydrogen-bond donors (Lipinski definition) is 2. The first-order valence-corrected chi connectivity index (χ1v) is 14.3. The van der Waals surface area contributed by atoms with Crippen molar-refractivity contribution < 1.29 is 21.6 Å². The Hall–Kier alpha value is -2.41. The van der Waals surface area contributed by atoms with E-state index in [4.69, 9.17) is 0 Å². The van der Waals surface area contributed by atoms with E-state index in [2.05, 4.69) is 41.9 Å². The number of carbonyl (C=O) groups is 1. The van der Waals surface area contributed by atoms with Crippen molar-refractivity contribution in [3.63, 3.8) is 0 Å². The van der Waals surface area contributed by atoms with Crippen LogP contribution in [0.5, 0.6) is 0 Å². The molecule has 0 bridgehead atoms. The fourth-order valence-corrected chi connectivity index (χ4v) is 5.23. The van der Waals surface area contributed by atoms with Gasteiger partial charge in [0.25, 0.3) is 10.0 Å². The van der Waals surface area contributed by atoms with Crippen molar-refractivity contribution in [2.24, 2.45) is 0 Å². The van der Waals surface area contributed by atoms with Gasteiger partial charge in [-0.15, -0.1) is 0 Å². The summed E-state index contributed by atoms with van der Waals surface area (Å²) in [7, 11) is -7.53. The molecule has 0 radical (unpaired) electrons. The highest BCUT2D eigenvalue weighted by Crippen LogP contribution is 2.22. The number of benzene rings is 3. The highest BCUT2D eigenvalue weighted by atomic mass is 79.9. The van der Waals surface area contributed by atoms with Gasteiger partial charge < -0.3 is 5.32 Å². The molecule has 0 saturated heterocycles. The molecule has 3 aromatic carbocycles. The van der Waals surface area contributed by atoms with Crippen LogP contribution in [0.4, 0.5) is 17.1 Å². The van der Waals surface area contributed by atoms with Crippen molar-refractivity contribution in [3.8, 4) is 0 Å². The fraction of sp³-hybridized carbons (Fsp3) is 0.0952. The maximum atomic E-state index is 12.6. The highest BCUT2D eigenvalue weighted by Gasteiger charge is 2.21. The van der Waals surface area contributed by atoms with Crippen molar-refractivity contribution in [1.82, 2.24) is 0 Å². The number of rotatable bonds is 8. The Bertz CT molecular complexity index is 1340. The van der Waals surface area contributed by atoms with E-state index in [-0.39, 0.29) is 4.90 Å². The molecule has 3 aromatic rings. The van der Waals surface area contributed by atoms with E-state index >= 15 is 0 Å². The maximum absolute atomic E-state index is 12.6. The third-order valence-corrected chi connectivity index (χ3v) is 7.94. The van der Waals surface area contributed by atoms with Gasteiger partial charge in [0.1, 0.15) is 6.54 Å². The van der Waals surface area contributed by atoms with Crippen LogP contribution in [-0.2, 0) is 24.8 Å². The largest absolute Gasteiger partial charge is 0.325 e. The number of sulfonamides is 2. The number of nitrogens with one attached hydrogen (secondary N) is 2. The Morgan fingerprint density at radius 2 is 1.27 bits per heavy atom. The molecular formula is C21H19Br2N3O5S2. The molecule has 3 rings (SSSR count). The standard InChI is InChI=1S/C21H19Br2N3O5S2/c1-32(28,29)26(19-10-4-16(23)5-11-19)14-21(27)24-17-8-12-20(13-9-17)33(30,31)25-18-6-2-15(22)3-7-18/h2-13,25H,14H2,1H3,(H,24,27). The smallest absolute Gasteiger partial charge is 0.261 e. The summed E-state index contributed by atoms with van der Waals surface area (Å²) in [6.45, 7) is -0.439. The maximum Gasteiger partial charge on any atom is 0.261 e. The average Bonchev–Trinajstić information content (AvgIpc) is 2.74. The molecule has 1 amide bonds. The van der Waals surface area contributed by atoms with Gasteiger partial charge in [-0.2, -0.15) is 0 Å². The van der Waals surface area contributed by atoms with Crippen LogP contribution in [0.25, 0.3) is 0 Å². The minimum absolute atomic E-state index is 0.0102. The Morgan fingerprint density at radius 1 is 0.788 bits per heavy atom. The van der Waals surface area contributed by atoms with E-state index in [0.29, 0.717) is 17.1 Å². The van der Waals surface area contributed by atoms with Crippen LogP contribution in [0, 0.1) is 0 Å². The fourth-order valence-electron chi connectivity index (χ4n) is 2.79. The predicted molar refractivity (Wildman–Crippen MR) is 136 cm³/mol. The number of nitrogens with zero attached hydrogens (tertiary/aromatic N) is 1. The molecule has 12 heteroatoms. The Labute approximate surface area is 209 Å². The zero-order valence-electron chi connectivity index (χ0n) is 17.2. The topological polar surface area (TPSA) is 113 Å². The number of halogens is 2. The quantitative estimate of drug-likeness (QED) is 0.389. The van der Waals surface area contributed by atoms with E-state index in [1.54, 1.807) is 48.5 Å². The van der Waals surface area contributed by atoms with Crippen LogP contribution in [0.15, 0.2) is 86.6 Å². The lowest BCUT2D eigenvalue weighted by Crippen LogP contribution is -2.37. The van der Waals surface area contributed by atoms with Crippen molar-refractivity contribution in [3.05, 3.63) is 81.7 Å². The summed E-state index contributed by atoms with van der Waals surface area (Å²) in [6, 6.07) is 18.7. The summed E-state index contributed by atoms with van der Waals surface area (Å²) >= 11 is 6.57. The molecule has 0 spiro atoms. The van der Waals surface area contributed by atoms with E-state index in [1.165, 1.54) is 24.3 Å². The monoisotopic (exact) mass is 615 g/mol. The normalized spacial score (nSPS) is 11.6. The molecule has 33 heavy (non-hydrogen) atoms. The van der Waals surface area contributed by atoms with Gasteiger partial charge in [-0.05, 0) is 72.8 Å². The first kappa shape index (κ1) is 25.2. The first-order valence-electron chi connectivity index (χ1n) is 9.36. The summed E-state index contributed by atoms with van der Waals surface area (Å²) in [5.74, 6) is -0.577. The summed E-state index contributed by atoms with van der Waals surface area (Å²) < 4.78 is 54.6.